The molecule has 1 fully saturated rings. The predicted molar refractivity (Wildman–Crippen MR) is 79.8 cm³/mol. The van der Waals surface area contributed by atoms with Crippen molar-refractivity contribution >= 4 is 33.6 Å². The number of halogens is 1. The van der Waals surface area contributed by atoms with Crippen molar-refractivity contribution in [1.82, 2.24) is 5.32 Å². The van der Waals surface area contributed by atoms with Crippen molar-refractivity contribution in [3.8, 4) is 0 Å². The summed E-state index contributed by atoms with van der Waals surface area (Å²) in [6, 6.07) is 5.04. The van der Waals surface area contributed by atoms with Crippen LogP contribution in [0.2, 0.25) is 0 Å². The monoisotopic (exact) mass is 340 g/mol. The lowest BCUT2D eigenvalue weighted by molar-refractivity contribution is -0.144. The van der Waals surface area contributed by atoms with E-state index in [1.807, 2.05) is 19.1 Å². The highest BCUT2D eigenvalue weighted by atomic mass is 79.9. The number of aliphatic carboxylic acids is 1. The predicted octanol–water partition coefficient (Wildman–Crippen LogP) is 3.13. The maximum Gasteiger partial charge on any atom is 0.329 e. The first-order valence-corrected chi connectivity index (χ1v) is 7.21. The van der Waals surface area contributed by atoms with Gasteiger partial charge in [-0.2, -0.15) is 0 Å². The Kier molecular flexibility index (Phi) is 4.04. The van der Waals surface area contributed by atoms with E-state index in [1.54, 1.807) is 13.0 Å². The van der Waals surface area contributed by atoms with Crippen LogP contribution in [0, 0.1) is 12.8 Å². The summed E-state index contributed by atoms with van der Waals surface area (Å²) in [5, 5.41) is 14.6. The van der Waals surface area contributed by atoms with Crippen LogP contribution >= 0.6 is 15.9 Å². The summed E-state index contributed by atoms with van der Waals surface area (Å²) in [5.74, 6) is -0.990. The molecule has 0 aromatic heterocycles. The molecule has 5 nitrogen and oxygen atoms in total. The van der Waals surface area contributed by atoms with Gasteiger partial charge in [0.2, 0.25) is 0 Å². The Balaban J connectivity index is 2.08. The average Bonchev–Trinajstić information content (AvgIpc) is 3.17. The topological polar surface area (TPSA) is 78.4 Å². The maximum absolute atomic E-state index is 12.0. The van der Waals surface area contributed by atoms with Gasteiger partial charge in [-0.3, -0.25) is 0 Å². The van der Waals surface area contributed by atoms with Crippen molar-refractivity contribution in [2.45, 2.75) is 32.2 Å². The third kappa shape index (κ3) is 3.12. The molecule has 20 heavy (non-hydrogen) atoms. The SMILES string of the molecule is Cc1ccc(Br)cc1NC(=O)NC(C)(C(=O)O)C1CC1. The number of carbonyl (C=O) groups excluding carboxylic acids is 1. The van der Waals surface area contributed by atoms with Crippen molar-refractivity contribution in [2.75, 3.05) is 5.32 Å². The second-order valence-corrected chi connectivity index (χ2v) is 6.24. The number of carboxylic acids is 1. The number of carboxylic acid groups (broad SMARTS) is 1. The fourth-order valence-corrected chi connectivity index (χ4v) is 2.47. The van der Waals surface area contributed by atoms with Crippen LogP contribution in [-0.4, -0.2) is 22.6 Å². The lowest BCUT2D eigenvalue weighted by Crippen LogP contribution is -2.55. The molecule has 0 aliphatic heterocycles. The van der Waals surface area contributed by atoms with Crippen molar-refractivity contribution in [2.24, 2.45) is 5.92 Å². The molecular formula is C14H17BrN2O3. The molecule has 6 heteroatoms. The fourth-order valence-electron chi connectivity index (χ4n) is 2.11. The van der Waals surface area contributed by atoms with Crippen LogP contribution < -0.4 is 10.6 Å². The van der Waals surface area contributed by atoms with Gasteiger partial charge in [-0.25, -0.2) is 9.59 Å². The van der Waals surface area contributed by atoms with Gasteiger partial charge in [-0.15, -0.1) is 0 Å². The van der Waals surface area contributed by atoms with Gasteiger partial charge in [0.15, 0.2) is 0 Å². The molecule has 0 radical (unpaired) electrons. The maximum atomic E-state index is 12.0. The highest BCUT2D eigenvalue weighted by molar-refractivity contribution is 9.10. The number of aryl methyl sites for hydroxylation is 1. The zero-order valence-corrected chi connectivity index (χ0v) is 13.0. The molecule has 1 saturated carbocycles. The van der Waals surface area contributed by atoms with E-state index >= 15 is 0 Å². The Morgan fingerprint density at radius 2 is 2.05 bits per heavy atom. The summed E-state index contributed by atoms with van der Waals surface area (Å²) in [4.78, 5) is 23.4. The van der Waals surface area contributed by atoms with Gasteiger partial charge in [0.1, 0.15) is 5.54 Å². The first kappa shape index (κ1) is 14.8. The minimum absolute atomic E-state index is 0.00866. The number of hydrogen-bond donors (Lipinski definition) is 3. The largest absolute Gasteiger partial charge is 0.480 e. The molecule has 1 aromatic carbocycles. The van der Waals surface area contributed by atoms with Crippen molar-refractivity contribution in [3.63, 3.8) is 0 Å². The van der Waals surface area contributed by atoms with Crippen molar-refractivity contribution in [1.29, 1.82) is 0 Å². The Labute approximate surface area is 125 Å². The summed E-state index contributed by atoms with van der Waals surface area (Å²) < 4.78 is 0.849. The van der Waals surface area contributed by atoms with Gasteiger partial charge in [-0.05, 0) is 50.3 Å². The molecule has 1 atom stereocenters. The molecule has 108 valence electrons. The Hall–Kier alpha value is -1.56. The Morgan fingerprint density at radius 1 is 1.40 bits per heavy atom. The third-order valence-corrected chi connectivity index (χ3v) is 4.15. The Morgan fingerprint density at radius 3 is 2.60 bits per heavy atom. The molecule has 3 N–H and O–H groups in total. The number of carbonyl (C=O) groups is 2. The van der Waals surface area contributed by atoms with E-state index in [-0.39, 0.29) is 5.92 Å². The summed E-state index contributed by atoms with van der Waals surface area (Å²) >= 11 is 3.34. The molecule has 0 spiro atoms. The Bertz CT molecular complexity index is 557. The van der Waals surface area contributed by atoms with Crippen LogP contribution in [-0.2, 0) is 4.79 Å². The molecule has 2 rings (SSSR count). The van der Waals surface area contributed by atoms with E-state index in [0.717, 1.165) is 22.9 Å². The van der Waals surface area contributed by atoms with Gasteiger partial charge in [0.25, 0.3) is 0 Å². The quantitative estimate of drug-likeness (QED) is 0.787. The molecular weight excluding hydrogens is 324 g/mol. The first-order chi connectivity index (χ1) is 9.33. The molecule has 1 aliphatic carbocycles. The summed E-state index contributed by atoms with van der Waals surface area (Å²) in [6.07, 6.45) is 1.66. The number of amides is 2. The molecule has 1 aliphatic rings. The van der Waals surface area contributed by atoms with Gasteiger partial charge < -0.3 is 15.7 Å². The van der Waals surface area contributed by atoms with Crippen LogP contribution in [0.4, 0.5) is 10.5 Å². The summed E-state index contributed by atoms with van der Waals surface area (Å²) in [7, 11) is 0. The summed E-state index contributed by atoms with van der Waals surface area (Å²) in [6.45, 7) is 3.43. The third-order valence-electron chi connectivity index (χ3n) is 3.66. The smallest absolute Gasteiger partial charge is 0.329 e. The van der Waals surface area contributed by atoms with Crippen LogP contribution in [0.15, 0.2) is 22.7 Å². The van der Waals surface area contributed by atoms with Gasteiger partial charge >= 0.3 is 12.0 Å². The second kappa shape index (κ2) is 5.44. The van der Waals surface area contributed by atoms with Crippen LogP contribution in [0.5, 0.6) is 0 Å². The lowest BCUT2D eigenvalue weighted by atomic mass is 9.96. The number of benzene rings is 1. The van der Waals surface area contributed by atoms with Gasteiger partial charge in [-0.1, -0.05) is 22.0 Å². The van der Waals surface area contributed by atoms with E-state index in [1.165, 1.54) is 0 Å². The minimum Gasteiger partial charge on any atom is -0.480 e. The van der Waals surface area contributed by atoms with E-state index < -0.39 is 17.5 Å². The van der Waals surface area contributed by atoms with Crippen LogP contribution in [0.1, 0.15) is 25.3 Å². The second-order valence-electron chi connectivity index (χ2n) is 5.32. The molecule has 0 heterocycles. The highest BCUT2D eigenvalue weighted by Crippen LogP contribution is 2.39. The zero-order valence-electron chi connectivity index (χ0n) is 11.4. The van der Waals surface area contributed by atoms with Crippen molar-refractivity contribution < 1.29 is 14.7 Å². The van der Waals surface area contributed by atoms with Gasteiger partial charge in [0, 0.05) is 10.2 Å². The number of rotatable bonds is 4. The first-order valence-electron chi connectivity index (χ1n) is 6.41. The lowest BCUT2D eigenvalue weighted by Gasteiger charge is -2.26. The molecule has 0 saturated heterocycles. The van der Waals surface area contributed by atoms with Crippen molar-refractivity contribution in [3.05, 3.63) is 28.2 Å². The molecule has 0 bridgehead atoms. The highest BCUT2D eigenvalue weighted by Gasteiger charge is 2.48. The fraction of sp³-hybridized carbons (Fsp3) is 0.429. The van der Waals surface area contributed by atoms with E-state index in [0.29, 0.717) is 5.69 Å². The number of anilines is 1. The standard InChI is InChI=1S/C14H17BrN2O3/c1-8-3-6-10(15)7-11(8)16-13(20)17-14(2,12(18)19)9-4-5-9/h3,6-7,9H,4-5H2,1-2H3,(H,18,19)(H2,16,17,20). The summed E-state index contributed by atoms with van der Waals surface area (Å²) in [5.41, 5.74) is 0.358. The molecule has 1 aromatic rings. The molecule has 1 unspecified atom stereocenters. The van der Waals surface area contributed by atoms with E-state index in [4.69, 9.17) is 0 Å². The average molecular weight is 341 g/mol. The number of urea groups is 1. The number of nitrogens with one attached hydrogen (secondary N) is 2. The van der Waals surface area contributed by atoms with Crippen LogP contribution in [0.25, 0.3) is 0 Å². The minimum atomic E-state index is -1.20. The van der Waals surface area contributed by atoms with E-state index in [2.05, 4.69) is 26.6 Å². The normalized spacial score (nSPS) is 17.1. The van der Waals surface area contributed by atoms with Gasteiger partial charge in [0.05, 0.1) is 0 Å². The zero-order chi connectivity index (χ0) is 14.9. The van der Waals surface area contributed by atoms with Crippen LogP contribution in [0.3, 0.4) is 0 Å². The van der Waals surface area contributed by atoms with E-state index in [9.17, 15) is 14.7 Å². The number of hydrogen-bond acceptors (Lipinski definition) is 2. The molecule has 2 amide bonds.